The molecule has 0 spiro atoms. The lowest BCUT2D eigenvalue weighted by molar-refractivity contribution is -0.126. The number of hydroxylamine groups is 1. The van der Waals surface area contributed by atoms with E-state index >= 15 is 0 Å². The molecule has 3 atom stereocenters. The van der Waals surface area contributed by atoms with Crippen LogP contribution >= 0.6 is 22.9 Å². The zero-order valence-electron chi connectivity index (χ0n) is 20.9. The van der Waals surface area contributed by atoms with Gasteiger partial charge in [0.1, 0.15) is 22.9 Å². The molecule has 39 heavy (non-hydrogen) atoms. The summed E-state index contributed by atoms with van der Waals surface area (Å²) in [6.45, 7) is 2.59. The highest BCUT2D eigenvalue weighted by molar-refractivity contribution is 7.10. The number of benzene rings is 3. The van der Waals surface area contributed by atoms with Crippen LogP contribution in [0.4, 0.5) is 11.4 Å². The van der Waals surface area contributed by atoms with E-state index in [1.54, 1.807) is 36.4 Å². The van der Waals surface area contributed by atoms with Gasteiger partial charge in [-0.3, -0.25) is 23.8 Å². The normalized spacial score (nSPS) is 20.5. The van der Waals surface area contributed by atoms with Crippen LogP contribution in [0.5, 0.6) is 5.75 Å². The number of thiazole rings is 1. The first kappa shape index (κ1) is 25.4. The number of hydrogen-bond acceptors (Lipinski definition) is 7. The number of amides is 2. The van der Waals surface area contributed by atoms with Crippen LogP contribution in [0.1, 0.15) is 24.3 Å². The van der Waals surface area contributed by atoms with Crippen LogP contribution in [-0.2, 0) is 14.4 Å². The molecule has 6 rings (SSSR count). The van der Waals surface area contributed by atoms with E-state index in [1.807, 2.05) is 55.5 Å². The Morgan fingerprint density at radius 1 is 0.846 bits per heavy atom. The van der Waals surface area contributed by atoms with Crippen molar-refractivity contribution in [2.24, 2.45) is 5.92 Å². The Morgan fingerprint density at radius 3 is 2.13 bits per heavy atom. The molecule has 0 radical (unpaired) electrons. The van der Waals surface area contributed by atoms with Gasteiger partial charge in [-0.1, -0.05) is 66.3 Å². The molecule has 3 heterocycles. The van der Waals surface area contributed by atoms with Crippen molar-refractivity contribution in [3.05, 3.63) is 105 Å². The SMILES string of the molecule is CCCOc1ccc(N2C(=O)C3ON(c4ccccc4)C(c4sc(=O)n(-c5ccccc5)c4Cl)C3C2=O)cc1. The third kappa shape index (κ3) is 4.32. The summed E-state index contributed by atoms with van der Waals surface area (Å²) in [6, 6.07) is 24.3. The van der Waals surface area contributed by atoms with Crippen molar-refractivity contribution in [1.82, 2.24) is 4.57 Å². The van der Waals surface area contributed by atoms with Gasteiger partial charge in [0, 0.05) is 0 Å². The smallest absolute Gasteiger partial charge is 0.313 e. The summed E-state index contributed by atoms with van der Waals surface area (Å²) in [7, 11) is 0. The van der Waals surface area contributed by atoms with Gasteiger partial charge in [-0.25, -0.2) is 9.96 Å². The molecular formula is C29H24ClN3O5S. The second-order valence-corrected chi connectivity index (χ2v) is 10.6. The molecule has 0 N–H and O–H groups in total. The van der Waals surface area contributed by atoms with Crippen LogP contribution in [0.2, 0.25) is 5.15 Å². The lowest BCUT2D eigenvalue weighted by atomic mass is 9.95. The average molecular weight is 562 g/mol. The van der Waals surface area contributed by atoms with Crippen molar-refractivity contribution in [2.45, 2.75) is 25.5 Å². The van der Waals surface area contributed by atoms with E-state index in [2.05, 4.69) is 0 Å². The van der Waals surface area contributed by atoms with Crippen molar-refractivity contribution in [3.8, 4) is 11.4 Å². The van der Waals surface area contributed by atoms with E-state index in [0.29, 0.717) is 34.3 Å². The molecule has 198 valence electrons. The molecule has 3 unspecified atom stereocenters. The van der Waals surface area contributed by atoms with Crippen molar-refractivity contribution in [3.63, 3.8) is 0 Å². The number of fused-ring (bicyclic) bond motifs is 1. The number of nitrogens with zero attached hydrogens (tertiary/aromatic N) is 3. The molecule has 3 aromatic carbocycles. The van der Waals surface area contributed by atoms with Gasteiger partial charge in [-0.05, 0) is 55.0 Å². The minimum atomic E-state index is -1.07. The van der Waals surface area contributed by atoms with Gasteiger partial charge in [0.05, 0.1) is 28.5 Å². The Labute approximate surface area is 233 Å². The summed E-state index contributed by atoms with van der Waals surface area (Å²) < 4.78 is 7.05. The minimum Gasteiger partial charge on any atom is -0.494 e. The Balaban J connectivity index is 1.42. The Bertz CT molecular complexity index is 1570. The van der Waals surface area contributed by atoms with Crippen molar-refractivity contribution in [2.75, 3.05) is 16.6 Å². The lowest BCUT2D eigenvalue weighted by Crippen LogP contribution is -2.37. The predicted octanol–water partition coefficient (Wildman–Crippen LogP) is 5.39. The molecule has 2 amide bonds. The zero-order valence-corrected chi connectivity index (χ0v) is 22.5. The van der Waals surface area contributed by atoms with Crippen LogP contribution in [0, 0.1) is 5.92 Å². The molecule has 0 saturated carbocycles. The van der Waals surface area contributed by atoms with Crippen LogP contribution in [-0.4, -0.2) is 29.1 Å². The fourth-order valence-electron chi connectivity index (χ4n) is 5.00. The summed E-state index contributed by atoms with van der Waals surface area (Å²) in [5, 5.41) is 1.72. The minimum absolute atomic E-state index is 0.183. The summed E-state index contributed by atoms with van der Waals surface area (Å²) in [4.78, 5) is 48.2. The number of imide groups is 1. The Morgan fingerprint density at radius 2 is 1.49 bits per heavy atom. The molecule has 2 fully saturated rings. The highest BCUT2D eigenvalue weighted by Crippen LogP contribution is 2.50. The van der Waals surface area contributed by atoms with E-state index in [9.17, 15) is 14.4 Å². The number of rotatable bonds is 7. The number of carbonyl (C=O) groups is 2. The third-order valence-corrected chi connectivity index (χ3v) is 8.25. The number of halogens is 1. The van der Waals surface area contributed by atoms with Crippen LogP contribution in [0.25, 0.3) is 5.69 Å². The van der Waals surface area contributed by atoms with Crippen LogP contribution < -0.4 is 19.6 Å². The van der Waals surface area contributed by atoms with Crippen molar-refractivity contribution in [1.29, 1.82) is 0 Å². The number of aromatic nitrogens is 1. The van der Waals surface area contributed by atoms with E-state index in [4.69, 9.17) is 21.2 Å². The fourth-order valence-corrected chi connectivity index (χ4v) is 6.46. The monoisotopic (exact) mass is 561 g/mol. The van der Waals surface area contributed by atoms with Gasteiger partial charge in [0.25, 0.3) is 5.91 Å². The molecular weight excluding hydrogens is 538 g/mol. The molecule has 0 aliphatic carbocycles. The van der Waals surface area contributed by atoms with E-state index in [-0.39, 0.29) is 10.0 Å². The van der Waals surface area contributed by atoms with E-state index in [1.165, 1.54) is 9.63 Å². The lowest BCUT2D eigenvalue weighted by Gasteiger charge is -2.28. The fraction of sp³-hybridized carbons (Fsp3) is 0.207. The molecule has 2 saturated heterocycles. The van der Waals surface area contributed by atoms with Crippen molar-refractivity contribution < 1.29 is 19.2 Å². The maximum Gasteiger partial charge on any atom is 0.313 e. The summed E-state index contributed by atoms with van der Waals surface area (Å²) in [5.41, 5.74) is 1.68. The largest absolute Gasteiger partial charge is 0.494 e. The number of carbonyl (C=O) groups excluding carboxylic acids is 2. The Hall–Kier alpha value is -3.92. The van der Waals surface area contributed by atoms with Gasteiger partial charge >= 0.3 is 4.87 Å². The molecule has 1 aromatic heterocycles. The molecule has 10 heteroatoms. The van der Waals surface area contributed by atoms with Gasteiger partial charge < -0.3 is 4.74 Å². The number of para-hydroxylation sites is 2. The maximum absolute atomic E-state index is 13.9. The number of hydrogen-bond donors (Lipinski definition) is 0. The molecule has 2 aliphatic rings. The summed E-state index contributed by atoms with van der Waals surface area (Å²) in [6.07, 6.45) is -0.206. The highest BCUT2D eigenvalue weighted by atomic mass is 35.5. The van der Waals surface area contributed by atoms with Gasteiger partial charge in [0.15, 0.2) is 6.10 Å². The van der Waals surface area contributed by atoms with Gasteiger partial charge in [-0.2, -0.15) is 0 Å². The quantitative estimate of drug-likeness (QED) is 0.281. The first-order valence-corrected chi connectivity index (χ1v) is 13.8. The first-order valence-electron chi connectivity index (χ1n) is 12.6. The topological polar surface area (TPSA) is 81.1 Å². The molecule has 2 aliphatic heterocycles. The number of anilines is 2. The van der Waals surface area contributed by atoms with Crippen LogP contribution in [0.15, 0.2) is 89.7 Å². The van der Waals surface area contributed by atoms with Gasteiger partial charge in [0.2, 0.25) is 5.91 Å². The standard InChI is InChI=1S/C29H24ClN3O5S/c1-2-17-37-21-15-13-19(14-16-21)32-27(34)22-23(33(38-24(22)28(32)35)20-11-7-4-8-12-20)25-26(30)31(29(36)39-25)18-9-5-3-6-10-18/h3-16,22-24H,2,17H2,1H3. The molecule has 4 aromatic rings. The Kier molecular flexibility index (Phi) is 6.72. The highest BCUT2D eigenvalue weighted by Gasteiger charge is 2.61. The van der Waals surface area contributed by atoms with E-state index in [0.717, 1.165) is 22.7 Å². The zero-order chi connectivity index (χ0) is 27.1. The molecule has 0 bridgehead atoms. The molecule has 8 nitrogen and oxygen atoms in total. The second-order valence-electron chi connectivity index (χ2n) is 9.21. The van der Waals surface area contributed by atoms with Crippen molar-refractivity contribution >= 4 is 46.1 Å². The average Bonchev–Trinajstić information content (AvgIpc) is 3.57. The maximum atomic E-state index is 13.9. The number of ether oxygens (including phenoxy) is 1. The second kappa shape index (κ2) is 10.3. The van der Waals surface area contributed by atoms with E-state index < -0.39 is 29.9 Å². The van der Waals surface area contributed by atoms with Crippen LogP contribution in [0.3, 0.4) is 0 Å². The third-order valence-electron chi connectivity index (χ3n) is 6.76. The summed E-state index contributed by atoms with van der Waals surface area (Å²) in [5.74, 6) is -1.14. The predicted molar refractivity (Wildman–Crippen MR) is 150 cm³/mol. The first-order chi connectivity index (χ1) is 19.0. The summed E-state index contributed by atoms with van der Waals surface area (Å²) >= 11 is 7.80. The van der Waals surface area contributed by atoms with Gasteiger partial charge in [-0.15, -0.1) is 0 Å².